The zero-order valence-electron chi connectivity index (χ0n) is 8.90. The summed E-state index contributed by atoms with van der Waals surface area (Å²) >= 11 is 0. The second-order valence-corrected chi connectivity index (χ2v) is 4.38. The van der Waals surface area contributed by atoms with Crippen LogP contribution in [0.2, 0.25) is 0 Å². The third-order valence-corrected chi connectivity index (χ3v) is 3.28. The van der Waals surface area contributed by atoms with Crippen LogP contribution in [0.4, 0.5) is 4.39 Å². The molecular formula is C12H13FO3. The summed E-state index contributed by atoms with van der Waals surface area (Å²) in [7, 11) is 0. The smallest absolute Gasteiger partial charge is 0.314 e. The zero-order valence-corrected chi connectivity index (χ0v) is 8.90. The molecule has 16 heavy (non-hydrogen) atoms. The highest BCUT2D eigenvalue weighted by atomic mass is 19.1. The molecule has 0 radical (unpaired) electrons. The van der Waals surface area contributed by atoms with E-state index in [1.807, 2.05) is 0 Å². The van der Waals surface area contributed by atoms with Gasteiger partial charge in [0, 0.05) is 5.56 Å². The molecule has 0 atom stereocenters. The summed E-state index contributed by atoms with van der Waals surface area (Å²) in [5.41, 5.74) is -0.406. The lowest BCUT2D eigenvalue weighted by molar-refractivity contribution is -0.153. The average molecular weight is 224 g/mol. The van der Waals surface area contributed by atoms with Crippen molar-refractivity contribution in [1.29, 1.82) is 0 Å². The molecule has 2 rings (SSSR count). The molecular weight excluding hydrogens is 211 g/mol. The maximum absolute atomic E-state index is 13.7. The van der Waals surface area contributed by atoms with Crippen LogP contribution in [0.1, 0.15) is 24.0 Å². The quantitative estimate of drug-likeness (QED) is 0.802. The van der Waals surface area contributed by atoms with E-state index in [9.17, 15) is 19.4 Å². The monoisotopic (exact) mass is 224 g/mol. The van der Waals surface area contributed by atoms with Gasteiger partial charge in [-0.15, -0.1) is 0 Å². The number of carbonyl (C=O) groups is 1. The van der Waals surface area contributed by atoms with E-state index in [1.54, 1.807) is 19.1 Å². The Labute approximate surface area is 92.5 Å². The van der Waals surface area contributed by atoms with Crippen LogP contribution < -0.4 is 0 Å². The molecule has 0 unspecified atom stereocenters. The van der Waals surface area contributed by atoms with Crippen molar-refractivity contribution in [1.82, 2.24) is 0 Å². The Balaban J connectivity index is 2.53. The van der Waals surface area contributed by atoms with Crippen molar-refractivity contribution in [3.63, 3.8) is 0 Å². The van der Waals surface area contributed by atoms with Gasteiger partial charge >= 0.3 is 5.97 Å². The van der Waals surface area contributed by atoms with E-state index in [4.69, 9.17) is 0 Å². The normalized spacial score (nSPS) is 28.6. The number of aliphatic hydroxyl groups excluding tert-OH is 1. The summed E-state index contributed by atoms with van der Waals surface area (Å²) in [5, 5.41) is 18.5. The number of aryl methyl sites for hydroxylation is 1. The van der Waals surface area contributed by atoms with E-state index in [1.165, 1.54) is 6.07 Å². The third kappa shape index (κ3) is 1.41. The number of aliphatic hydroxyl groups is 1. The number of carboxylic acids is 1. The number of rotatable bonds is 2. The Bertz CT molecular complexity index is 416. The molecule has 4 heteroatoms. The van der Waals surface area contributed by atoms with Crippen LogP contribution in [0, 0.1) is 12.7 Å². The molecule has 2 N–H and O–H groups in total. The SMILES string of the molecule is Cc1cccc(F)c1C1(C(=O)O)CC(O)C1. The fourth-order valence-electron chi connectivity index (χ4n) is 2.47. The number of halogens is 1. The Morgan fingerprint density at radius 2 is 2.12 bits per heavy atom. The minimum atomic E-state index is -1.24. The Kier molecular flexibility index (Phi) is 2.46. The summed E-state index contributed by atoms with van der Waals surface area (Å²) in [4.78, 5) is 11.3. The minimum absolute atomic E-state index is 0.0874. The van der Waals surface area contributed by atoms with Crippen LogP contribution in [0.25, 0.3) is 0 Å². The third-order valence-electron chi connectivity index (χ3n) is 3.28. The van der Waals surface area contributed by atoms with Crippen LogP contribution >= 0.6 is 0 Å². The molecule has 0 aromatic heterocycles. The number of carboxylic acid groups (broad SMARTS) is 1. The number of hydrogen-bond acceptors (Lipinski definition) is 2. The van der Waals surface area contributed by atoms with E-state index in [0.29, 0.717) is 5.56 Å². The molecule has 0 saturated heterocycles. The van der Waals surface area contributed by atoms with Crippen molar-refractivity contribution in [2.45, 2.75) is 31.3 Å². The van der Waals surface area contributed by atoms with Gasteiger partial charge in [-0.25, -0.2) is 4.39 Å². The highest BCUT2D eigenvalue weighted by molar-refractivity contribution is 5.83. The molecule has 0 bridgehead atoms. The second-order valence-electron chi connectivity index (χ2n) is 4.38. The van der Waals surface area contributed by atoms with Gasteiger partial charge in [0.15, 0.2) is 0 Å². The molecule has 1 saturated carbocycles. The topological polar surface area (TPSA) is 57.5 Å². The van der Waals surface area contributed by atoms with Crippen molar-refractivity contribution in [2.24, 2.45) is 0 Å². The first-order valence-electron chi connectivity index (χ1n) is 5.14. The highest BCUT2D eigenvalue weighted by Gasteiger charge is 2.53. The van der Waals surface area contributed by atoms with Crippen molar-refractivity contribution in [2.75, 3.05) is 0 Å². The molecule has 1 aliphatic carbocycles. The summed E-state index contributed by atoms with van der Waals surface area (Å²) < 4.78 is 13.7. The number of aliphatic carboxylic acids is 1. The lowest BCUT2D eigenvalue weighted by Gasteiger charge is -2.42. The van der Waals surface area contributed by atoms with Crippen molar-refractivity contribution >= 4 is 5.97 Å². The maximum atomic E-state index is 13.7. The van der Waals surface area contributed by atoms with Gasteiger partial charge in [0.05, 0.1) is 6.10 Å². The molecule has 1 aromatic carbocycles. The van der Waals surface area contributed by atoms with Crippen molar-refractivity contribution < 1.29 is 19.4 Å². The van der Waals surface area contributed by atoms with Crippen LogP contribution in [0.5, 0.6) is 0 Å². The van der Waals surface area contributed by atoms with Gasteiger partial charge in [0.1, 0.15) is 11.2 Å². The first kappa shape index (κ1) is 11.1. The molecule has 1 aromatic rings. The summed E-state index contributed by atoms with van der Waals surface area (Å²) in [6, 6.07) is 4.50. The molecule has 0 aliphatic heterocycles. The summed E-state index contributed by atoms with van der Waals surface area (Å²) in [6.07, 6.45) is -0.469. The van der Waals surface area contributed by atoms with Gasteiger partial charge in [0.25, 0.3) is 0 Å². The van der Waals surface area contributed by atoms with E-state index >= 15 is 0 Å². The average Bonchev–Trinajstić information content (AvgIpc) is 2.13. The van der Waals surface area contributed by atoms with Crippen molar-refractivity contribution in [3.8, 4) is 0 Å². The molecule has 3 nitrogen and oxygen atoms in total. The zero-order chi connectivity index (χ0) is 11.9. The molecule has 1 fully saturated rings. The van der Waals surface area contributed by atoms with Crippen LogP contribution in [-0.4, -0.2) is 22.3 Å². The number of benzene rings is 1. The van der Waals surface area contributed by atoms with Crippen LogP contribution in [-0.2, 0) is 10.2 Å². The molecule has 1 aliphatic rings. The van der Waals surface area contributed by atoms with E-state index in [-0.39, 0.29) is 18.4 Å². The van der Waals surface area contributed by atoms with Gasteiger partial charge in [-0.05, 0) is 31.4 Å². The Hall–Kier alpha value is -1.42. The first-order chi connectivity index (χ1) is 7.47. The fourth-order valence-corrected chi connectivity index (χ4v) is 2.47. The van der Waals surface area contributed by atoms with Crippen LogP contribution in [0.15, 0.2) is 18.2 Å². The fraction of sp³-hybridized carbons (Fsp3) is 0.417. The highest BCUT2D eigenvalue weighted by Crippen LogP contribution is 2.46. The Morgan fingerprint density at radius 1 is 1.50 bits per heavy atom. The Morgan fingerprint density at radius 3 is 2.56 bits per heavy atom. The summed E-state index contributed by atoms with van der Waals surface area (Å²) in [6.45, 7) is 1.69. The second kappa shape index (κ2) is 3.56. The number of hydrogen-bond donors (Lipinski definition) is 2. The largest absolute Gasteiger partial charge is 0.481 e. The van der Waals surface area contributed by atoms with Gasteiger partial charge in [-0.2, -0.15) is 0 Å². The lowest BCUT2D eigenvalue weighted by Crippen LogP contribution is -2.51. The van der Waals surface area contributed by atoms with E-state index in [0.717, 1.165) is 0 Å². The molecule has 0 spiro atoms. The molecule has 0 amide bonds. The van der Waals surface area contributed by atoms with E-state index < -0.39 is 23.3 Å². The first-order valence-corrected chi connectivity index (χ1v) is 5.14. The minimum Gasteiger partial charge on any atom is -0.481 e. The molecule has 86 valence electrons. The lowest BCUT2D eigenvalue weighted by atomic mass is 9.61. The predicted octanol–water partition coefficient (Wildman–Crippen LogP) is 1.61. The predicted molar refractivity (Wildman–Crippen MR) is 55.7 cm³/mol. The van der Waals surface area contributed by atoms with Gasteiger partial charge in [0.2, 0.25) is 0 Å². The summed E-state index contributed by atoms with van der Waals surface area (Å²) in [5.74, 6) is -1.57. The maximum Gasteiger partial charge on any atom is 0.314 e. The van der Waals surface area contributed by atoms with Gasteiger partial charge in [-0.1, -0.05) is 12.1 Å². The van der Waals surface area contributed by atoms with Crippen molar-refractivity contribution in [3.05, 3.63) is 35.1 Å². The standard InChI is InChI=1S/C12H13FO3/c1-7-3-2-4-9(13)10(7)12(11(15)16)5-8(14)6-12/h2-4,8,14H,5-6H2,1H3,(H,15,16). The molecule has 0 heterocycles. The van der Waals surface area contributed by atoms with Gasteiger partial charge < -0.3 is 10.2 Å². The van der Waals surface area contributed by atoms with Crippen LogP contribution in [0.3, 0.4) is 0 Å². The van der Waals surface area contributed by atoms with Gasteiger partial charge in [-0.3, -0.25) is 4.79 Å². The van der Waals surface area contributed by atoms with E-state index in [2.05, 4.69) is 0 Å².